The number of guanidine groups is 1. The van der Waals surface area contributed by atoms with E-state index in [2.05, 4.69) is 10.3 Å². The molecule has 0 unspecified atom stereocenters. The lowest BCUT2D eigenvalue weighted by molar-refractivity contribution is -0.129. The van der Waals surface area contributed by atoms with Crippen LogP contribution in [-0.2, 0) is 11.3 Å². The number of nitrogens with two attached hydrogens (primary N) is 1. The smallest absolute Gasteiger partial charge is 0.224 e. The Labute approximate surface area is 142 Å². The van der Waals surface area contributed by atoms with Gasteiger partial charge in [0, 0.05) is 26.1 Å². The number of ether oxygens (including phenoxy) is 2. The standard InChI is InChI=1S/C17H26N4O3/c1-23-14-6-5-13(11-15(14)24-2)12-20-17(18)19-8-7-16(22)21-9-3-4-10-21/h5-6,11H,3-4,7-10,12H2,1-2H3,(H3,18,19,20). The highest BCUT2D eigenvalue weighted by Gasteiger charge is 2.16. The number of aliphatic imine (C=N–C) groups is 1. The van der Waals surface area contributed by atoms with Crippen molar-refractivity contribution < 1.29 is 14.3 Å². The zero-order valence-electron chi connectivity index (χ0n) is 14.4. The van der Waals surface area contributed by atoms with Crippen LogP contribution in [0.25, 0.3) is 0 Å². The summed E-state index contributed by atoms with van der Waals surface area (Å²) in [5, 5.41) is 2.98. The second-order valence-electron chi connectivity index (χ2n) is 5.66. The number of rotatable bonds is 7. The van der Waals surface area contributed by atoms with Crippen molar-refractivity contribution >= 4 is 11.9 Å². The first kappa shape index (κ1) is 17.9. The molecular formula is C17H26N4O3. The molecule has 24 heavy (non-hydrogen) atoms. The highest BCUT2D eigenvalue weighted by atomic mass is 16.5. The monoisotopic (exact) mass is 334 g/mol. The number of nitrogens with zero attached hydrogens (tertiary/aromatic N) is 2. The summed E-state index contributed by atoms with van der Waals surface area (Å²) >= 11 is 0. The molecule has 0 spiro atoms. The van der Waals surface area contributed by atoms with Crippen molar-refractivity contribution in [2.75, 3.05) is 33.9 Å². The van der Waals surface area contributed by atoms with Gasteiger partial charge in [-0.2, -0.15) is 0 Å². The van der Waals surface area contributed by atoms with E-state index >= 15 is 0 Å². The molecule has 1 heterocycles. The Bertz CT molecular complexity index is 583. The molecule has 0 radical (unpaired) electrons. The van der Waals surface area contributed by atoms with Crippen LogP contribution in [0.3, 0.4) is 0 Å². The molecule has 1 saturated heterocycles. The van der Waals surface area contributed by atoms with E-state index in [1.807, 2.05) is 23.1 Å². The number of benzene rings is 1. The Morgan fingerprint density at radius 2 is 1.96 bits per heavy atom. The molecule has 0 aliphatic carbocycles. The zero-order chi connectivity index (χ0) is 17.4. The van der Waals surface area contributed by atoms with Gasteiger partial charge in [-0.25, -0.2) is 4.99 Å². The summed E-state index contributed by atoms with van der Waals surface area (Å²) in [4.78, 5) is 18.1. The molecule has 3 N–H and O–H groups in total. The molecule has 0 aromatic heterocycles. The molecule has 132 valence electrons. The minimum atomic E-state index is 0.174. The maximum absolute atomic E-state index is 11.9. The third kappa shape index (κ3) is 5.04. The number of methoxy groups -OCH3 is 2. The summed E-state index contributed by atoms with van der Waals surface area (Å²) in [6.07, 6.45) is 2.65. The van der Waals surface area contributed by atoms with Crippen LogP contribution in [0.1, 0.15) is 24.8 Å². The Kier molecular flexibility index (Phi) is 6.72. The highest BCUT2D eigenvalue weighted by molar-refractivity contribution is 5.80. The van der Waals surface area contributed by atoms with Crippen LogP contribution in [0.4, 0.5) is 0 Å². The predicted molar refractivity (Wildman–Crippen MR) is 93.3 cm³/mol. The molecule has 7 heteroatoms. The summed E-state index contributed by atoms with van der Waals surface area (Å²) < 4.78 is 10.5. The second-order valence-corrected chi connectivity index (χ2v) is 5.66. The highest BCUT2D eigenvalue weighted by Crippen LogP contribution is 2.27. The number of carbonyl (C=O) groups excluding carboxylic acids is 1. The first-order valence-corrected chi connectivity index (χ1v) is 8.16. The molecule has 1 aromatic carbocycles. The van der Waals surface area contributed by atoms with Gasteiger partial charge in [0.25, 0.3) is 0 Å². The van der Waals surface area contributed by atoms with Gasteiger partial charge in [0.1, 0.15) is 0 Å². The Morgan fingerprint density at radius 1 is 1.25 bits per heavy atom. The molecule has 1 aliphatic rings. The van der Waals surface area contributed by atoms with E-state index in [-0.39, 0.29) is 5.91 Å². The average Bonchev–Trinajstić information content (AvgIpc) is 3.14. The lowest BCUT2D eigenvalue weighted by Crippen LogP contribution is -2.36. The Balaban J connectivity index is 1.78. The topological polar surface area (TPSA) is 89.2 Å². The molecule has 0 saturated carbocycles. The minimum absolute atomic E-state index is 0.174. The van der Waals surface area contributed by atoms with Crippen molar-refractivity contribution in [3.63, 3.8) is 0 Å². The third-order valence-corrected chi connectivity index (χ3v) is 3.98. The van der Waals surface area contributed by atoms with Crippen LogP contribution in [0.5, 0.6) is 11.5 Å². The van der Waals surface area contributed by atoms with Crippen molar-refractivity contribution in [1.82, 2.24) is 10.2 Å². The van der Waals surface area contributed by atoms with Crippen LogP contribution < -0.4 is 20.5 Å². The van der Waals surface area contributed by atoms with Gasteiger partial charge in [0.05, 0.1) is 20.8 Å². The normalized spacial score (nSPS) is 14.6. The van der Waals surface area contributed by atoms with Crippen molar-refractivity contribution in [2.45, 2.75) is 25.8 Å². The number of hydrogen-bond acceptors (Lipinski definition) is 4. The number of hydrogen-bond donors (Lipinski definition) is 2. The van der Waals surface area contributed by atoms with E-state index in [0.29, 0.717) is 37.0 Å². The molecule has 0 atom stereocenters. The molecule has 1 aromatic rings. The lowest BCUT2D eigenvalue weighted by Gasteiger charge is -2.15. The van der Waals surface area contributed by atoms with Gasteiger partial charge in [-0.15, -0.1) is 0 Å². The van der Waals surface area contributed by atoms with Gasteiger partial charge < -0.3 is 25.4 Å². The van der Waals surface area contributed by atoms with Gasteiger partial charge in [0.2, 0.25) is 5.91 Å². The van der Waals surface area contributed by atoms with E-state index in [0.717, 1.165) is 31.5 Å². The van der Waals surface area contributed by atoms with E-state index in [1.165, 1.54) is 0 Å². The van der Waals surface area contributed by atoms with Crippen LogP contribution in [0, 0.1) is 0 Å². The Morgan fingerprint density at radius 3 is 2.62 bits per heavy atom. The quantitative estimate of drug-likeness (QED) is 0.576. The molecular weight excluding hydrogens is 308 g/mol. The Hall–Kier alpha value is -2.44. The van der Waals surface area contributed by atoms with E-state index < -0.39 is 0 Å². The SMILES string of the molecule is COc1ccc(CN=C(N)NCCC(=O)N2CCCC2)cc1OC. The third-order valence-electron chi connectivity index (χ3n) is 3.98. The summed E-state index contributed by atoms with van der Waals surface area (Å²) in [5.41, 5.74) is 6.81. The van der Waals surface area contributed by atoms with Crippen molar-refractivity contribution in [3.05, 3.63) is 23.8 Å². The summed E-state index contributed by atoms with van der Waals surface area (Å²) in [6.45, 7) is 2.68. The first-order chi connectivity index (χ1) is 11.6. The van der Waals surface area contributed by atoms with Gasteiger partial charge in [-0.3, -0.25) is 4.79 Å². The molecule has 7 nitrogen and oxygen atoms in total. The zero-order valence-corrected chi connectivity index (χ0v) is 14.4. The first-order valence-electron chi connectivity index (χ1n) is 8.16. The van der Waals surface area contributed by atoms with Crippen LogP contribution in [-0.4, -0.2) is 50.6 Å². The van der Waals surface area contributed by atoms with Gasteiger partial charge in [-0.05, 0) is 30.5 Å². The van der Waals surface area contributed by atoms with E-state index in [9.17, 15) is 4.79 Å². The largest absolute Gasteiger partial charge is 0.493 e. The van der Waals surface area contributed by atoms with Crippen LogP contribution in [0.15, 0.2) is 23.2 Å². The molecule has 1 aliphatic heterocycles. The lowest BCUT2D eigenvalue weighted by atomic mass is 10.2. The van der Waals surface area contributed by atoms with Crippen LogP contribution >= 0.6 is 0 Å². The van der Waals surface area contributed by atoms with Crippen LogP contribution in [0.2, 0.25) is 0 Å². The molecule has 0 bridgehead atoms. The number of nitrogens with one attached hydrogen (secondary N) is 1. The fraction of sp³-hybridized carbons (Fsp3) is 0.529. The maximum Gasteiger partial charge on any atom is 0.224 e. The van der Waals surface area contributed by atoms with Gasteiger partial charge in [-0.1, -0.05) is 6.07 Å². The van der Waals surface area contributed by atoms with E-state index in [1.54, 1.807) is 14.2 Å². The minimum Gasteiger partial charge on any atom is -0.493 e. The molecule has 1 fully saturated rings. The maximum atomic E-state index is 11.9. The molecule has 2 rings (SSSR count). The summed E-state index contributed by atoms with van der Waals surface area (Å²) in [6, 6.07) is 5.61. The average molecular weight is 334 g/mol. The van der Waals surface area contributed by atoms with Crippen molar-refractivity contribution in [3.8, 4) is 11.5 Å². The van der Waals surface area contributed by atoms with Crippen molar-refractivity contribution in [2.24, 2.45) is 10.7 Å². The van der Waals surface area contributed by atoms with Gasteiger partial charge in [0.15, 0.2) is 17.5 Å². The molecule has 1 amide bonds. The predicted octanol–water partition coefficient (Wildman–Crippen LogP) is 1.12. The summed E-state index contributed by atoms with van der Waals surface area (Å²) in [7, 11) is 3.19. The van der Waals surface area contributed by atoms with Gasteiger partial charge >= 0.3 is 0 Å². The number of likely N-dealkylation sites (tertiary alicyclic amines) is 1. The van der Waals surface area contributed by atoms with Crippen molar-refractivity contribution in [1.29, 1.82) is 0 Å². The fourth-order valence-electron chi connectivity index (χ4n) is 2.63. The summed E-state index contributed by atoms with van der Waals surface area (Å²) in [5.74, 6) is 1.84. The number of carbonyl (C=O) groups is 1. The fourth-order valence-corrected chi connectivity index (χ4v) is 2.63. The van der Waals surface area contributed by atoms with E-state index in [4.69, 9.17) is 15.2 Å². The second kappa shape index (κ2) is 9.00. The number of amides is 1.